The molecule has 0 fully saturated rings. The van der Waals surface area contributed by atoms with Crippen LogP contribution >= 0.6 is 0 Å². The summed E-state index contributed by atoms with van der Waals surface area (Å²) in [6.45, 7) is 28.8. The number of nitrogens with zero attached hydrogens (tertiary/aromatic N) is 2. The summed E-state index contributed by atoms with van der Waals surface area (Å²) in [5, 5.41) is 0. The second kappa shape index (κ2) is 17.9. The van der Waals surface area contributed by atoms with Crippen LogP contribution in [0.5, 0.6) is 0 Å². The van der Waals surface area contributed by atoms with Crippen LogP contribution in [0, 0.1) is 6.92 Å². The Kier molecular flexibility index (Phi) is 11.6. The number of benzene rings is 9. The molecular formula is C73H73BN2. The minimum Gasteiger partial charge on any atom is -0.311 e. The number of fused-ring (bicyclic) bond motifs is 5. The van der Waals surface area contributed by atoms with Crippen molar-refractivity contribution < 1.29 is 0 Å². The first-order chi connectivity index (χ1) is 36.2. The Morgan fingerprint density at radius 3 is 1.45 bits per heavy atom. The molecule has 2 aliphatic heterocycles. The lowest BCUT2D eigenvalue weighted by molar-refractivity contribution is 0.332. The molecule has 3 heteroatoms. The molecule has 0 bridgehead atoms. The van der Waals surface area contributed by atoms with Crippen molar-refractivity contribution in [1.29, 1.82) is 0 Å². The first-order valence-electron chi connectivity index (χ1n) is 27.8. The quantitative estimate of drug-likeness (QED) is 0.140. The van der Waals surface area contributed by atoms with Gasteiger partial charge in [-0.05, 0) is 162 Å². The topological polar surface area (TPSA) is 6.48 Å². The van der Waals surface area contributed by atoms with Crippen LogP contribution in [0.1, 0.15) is 134 Å². The molecule has 1 aliphatic carbocycles. The van der Waals surface area contributed by atoms with Gasteiger partial charge in [-0.1, -0.05) is 228 Å². The average molecular weight is 989 g/mol. The third-order valence-electron chi connectivity index (χ3n) is 18.1. The van der Waals surface area contributed by atoms with Crippen molar-refractivity contribution in [3.05, 3.63) is 245 Å². The largest absolute Gasteiger partial charge is 0.311 e. The summed E-state index contributed by atoms with van der Waals surface area (Å²) in [5.74, 6) is 0. The van der Waals surface area contributed by atoms with E-state index in [2.05, 4.69) is 293 Å². The van der Waals surface area contributed by atoms with Gasteiger partial charge >= 0.3 is 0 Å². The van der Waals surface area contributed by atoms with Crippen LogP contribution in [0.4, 0.5) is 34.1 Å². The lowest BCUT2D eigenvalue weighted by Gasteiger charge is -2.48. The highest BCUT2D eigenvalue weighted by molar-refractivity contribution is 7.00. The molecule has 0 spiro atoms. The average Bonchev–Trinajstić information content (AvgIpc) is 3.62. The van der Waals surface area contributed by atoms with Gasteiger partial charge in [0.1, 0.15) is 0 Å². The highest BCUT2D eigenvalue weighted by Crippen LogP contribution is 2.53. The van der Waals surface area contributed by atoms with Crippen molar-refractivity contribution in [2.45, 2.75) is 123 Å². The molecule has 0 N–H and O–H groups in total. The molecule has 0 saturated carbocycles. The first-order valence-corrected chi connectivity index (χ1v) is 27.8. The van der Waals surface area contributed by atoms with E-state index in [9.17, 15) is 0 Å². The van der Waals surface area contributed by atoms with Gasteiger partial charge in [0, 0.05) is 44.8 Å². The molecule has 3 aliphatic rings. The van der Waals surface area contributed by atoms with E-state index < -0.39 is 0 Å². The lowest BCUT2D eigenvalue weighted by Crippen LogP contribution is -2.62. The second-order valence-electron chi connectivity index (χ2n) is 25.7. The van der Waals surface area contributed by atoms with Gasteiger partial charge < -0.3 is 9.80 Å². The van der Waals surface area contributed by atoms with E-state index in [4.69, 9.17) is 0 Å². The predicted molar refractivity (Wildman–Crippen MR) is 327 cm³/mol. The number of anilines is 6. The van der Waals surface area contributed by atoms with Crippen molar-refractivity contribution in [2.75, 3.05) is 9.80 Å². The minimum absolute atomic E-state index is 0.00419. The summed E-state index contributed by atoms with van der Waals surface area (Å²) in [4.78, 5) is 5.35. The van der Waals surface area contributed by atoms with E-state index >= 15 is 0 Å². The predicted octanol–water partition coefficient (Wildman–Crippen LogP) is 17.7. The van der Waals surface area contributed by atoms with Gasteiger partial charge in [0.15, 0.2) is 0 Å². The maximum Gasteiger partial charge on any atom is 0.252 e. The molecule has 9 aromatic carbocycles. The molecule has 0 aromatic heterocycles. The van der Waals surface area contributed by atoms with Crippen molar-refractivity contribution >= 4 is 57.2 Å². The van der Waals surface area contributed by atoms with Crippen LogP contribution < -0.4 is 26.2 Å². The van der Waals surface area contributed by atoms with Crippen LogP contribution in [-0.2, 0) is 27.1 Å². The number of hydrogen-bond donors (Lipinski definition) is 0. The Morgan fingerprint density at radius 1 is 0.395 bits per heavy atom. The maximum absolute atomic E-state index is 2.71. The molecule has 0 unspecified atom stereocenters. The van der Waals surface area contributed by atoms with E-state index in [0.717, 1.165) is 12.8 Å². The highest BCUT2D eigenvalue weighted by Gasteiger charge is 2.47. The fraction of sp³-hybridized carbons (Fsp3) is 0.260. The van der Waals surface area contributed by atoms with Gasteiger partial charge in [0.05, 0.1) is 5.69 Å². The van der Waals surface area contributed by atoms with Gasteiger partial charge in [-0.3, -0.25) is 0 Å². The van der Waals surface area contributed by atoms with Gasteiger partial charge in [-0.2, -0.15) is 0 Å². The lowest BCUT2D eigenvalue weighted by atomic mass is 9.33. The van der Waals surface area contributed by atoms with Gasteiger partial charge in [-0.15, -0.1) is 0 Å². The Morgan fingerprint density at radius 2 is 0.882 bits per heavy atom. The van der Waals surface area contributed by atoms with Crippen LogP contribution in [0.15, 0.2) is 200 Å². The molecule has 2 heterocycles. The molecule has 0 amide bonds. The second-order valence-corrected chi connectivity index (χ2v) is 25.7. The zero-order chi connectivity index (χ0) is 53.1. The Balaban J connectivity index is 1.21. The van der Waals surface area contributed by atoms with Gasteiger partial charge in [-0.25, -0.2) is 0 Å². The Labute approximate surface area is 454 Å². The van der Waals surface area contributed by atoms with Crippen LogP contribution in [0.25, 0.3) is 22.3 Å². The minimum atomic E-state index is -0.253. The molecule has 0 radical (unpaired) electrons. The monoisotopic (exact) mass is 989 g/mol. The van der Waals surface area contributed by atoms with Gasteiger partial charge in [0.25, 0.3) is 6.71 Å². The van der Waals surface area contributed by atoms with Crippen molar-refractivity contribution in [3.8, 4) is 22.3 Å². The molecule has 0 saturated heterocycles. The van der Waals surface area contributed by atoms with Crippen LogP contribution in [-0.4, -0.2) is 6.71 Å². The van der Waals surface area contributed by atoms with Crippen molar-refractivity contribution in [1.82, 2.24) is 0 Å². The zero-order valence-corrected chi connectivity index (χ0v) is 46.9. The SMILES string of the molecule is Cc1cc2c3c(c1)N(c1cc(-c4ccccc4)c(C(C)(C)C)cc1-c1ccccc1)c1cc4c(cc1B3c1ccc(C(C)(C)c3ccccc3)cc1N2c1cccc(C(C)(C)c2ccccc2)c1)C(C)(C)CCC4(C)C. The molecule has 2 nitrogen and oxygen atoms in total. The van der Waals surface area contributed by atoms with Gasteiger partial charge in [0.2, 0.25) is 0 Å². The molecule has 378 valence electrons. The fourth-order valence-corrected chi connectivity index (χ4v) is 13.3. The van der Waals surface area contributed by atoms with E-state index in [1.807, 2.05) is 0 Å². The third-order valence-corrected chi connectivity index (χ3v) is 18.1. The van der Waals surface area contributed by atoms with E-state index in [-0.39, 0.29) is 33.8 Å². The van der Waals surface area contributed by atoms with Crippen LogP contribution in [0.3, 0.4) is 0 Å². The highest BCUT2D eigenvalue weighted by atomic mass is 15.2. The molecule has 12 rings (SSSR count). The molecule has 9 aromatic rings. The Bertz CT molecular complexity index is 3690. The summed E-state index contributed by atoms with van der Waals surface area (Å²) in [6, 6.07) is 76.7. The van der Waals surface area contributed by atoms with E-state index in [0.29, 0.717) is 0 Å². The summed E-state index contributed by atoms with van der Waals surface area (Å²) in [7, 11) is 0. The third kappa shape index (κ3) is 8.07. The standard InChI is InChI=1S/C73H73BN2/c1-48-40-66-68-67(41-48)76(63-45-56(49-26-17-13-18-27-49)58(69(2,3)4)44-57(63)50-28-19-14-20-29-50)65-47-60-59(70(5,6)38-39-71(60,7)8)46-62(65)74(68)61-37-36-54(73(11,12)52-32-23-16-24-33-52)43-64(61)75(66)55-35-25-34-53(42-55)72(9,10)51-30-21-15-22-31-51/h13-37,40-47H,38-39H2,1-12H3. The Hall–Kier alpha value is -7.36. The summed E-state index contributed by atoms with van der Waals surface area (Å²) < 4.78 is 0. The normalized spacial score (nSPS) is 15.4. The van der Waals surface area contributed by atoms with Crippen LogP contribution in [0.2, 0.25) is 0 Å². The fourth-order valence-electron chi connectivity index (χ4n) is 13.3. The maximum atomic E-state index is 2.71. The molecule has 76 heavy (non-hydrogen) atoms. The number of rotatable bonds is 8. The summed E-state index contributed by atoms with van der Waals surface area (Å²) in [6.07, 6.45) is 2.28. The van der Waals surface area contributed by atoms with Crippen molar-refractivity contribution in [3.63, 3.8) is 0 Å². The summed E-state index contributed by atoms with van der Waals surface area (Å²) in [5.41, 5.74) is 26.5. The van der Waals surface area contributed by atoms with E-state index in [1.165, 1.54) is 117 Å². The van der Waals surface area contributed by atoms with Crippen molar-refractivity contribution in [2.24, 2.45) is 0 Å². The number of hydrogen-bond acceptors (Lipinski definition) is 2. The molecular weight excluding hydrogens is 916 g/mol. The number of aryl methyl sites for hydroxylation is 1. The van der Waals surface area contributed by atoms with E-state index in [1.54, 1.807) is 0 Å². The molecule has 0 atom stereocenters. The smallest absolute Gasteiger partial charge is 0.252 e. The first kappa shape index (κ1) is 49.5. The summed E-state index contributed by atoms with van der Waals surface area (Å²) >= 11 is 0. The zero-order valence-electron chi connectivity index (χ0n) is 46.9.